The highest BCUT2D eigenvalue weighted by Crippen LogP contribution is 2.08. The van der Waals surface area contributed by atoms with Crippen LogP contribution in [-0.4, -0.2) is 31.8 Å². The molecule has 0 fully saturated rings. The van der Waals surface area contributed by atoms with E-state index in [-0.39, 0.29) is 17.7 Å². The minimum atomic E-state index is -0.574. The lowest BCUT2D eigenvalue weighted by Crippen LogP contribution is -2.28. The molecule has 29 heavy (non-hydrogen) atoms. The fourth-order valence-corrected chi connectivity index (χ4v) is 3.07. The van der Waals surface area contributed by atoms with Crippen LogP contribution in [0.15, 0.2) is 71.9 Å². The van der Waals surface area contributed by atoms with Gasteiger partial charge in [-0.25, -0.2) is 14.1 Å². The van der Waals surface area contributed by atoms with Gasteiger partial charge in [0.2, 0.25) is 0 Å². The summed E-state index contributed by atoms with van der Waals surface area (Å²) < 4.78 is 16.7. The molecule has 2 heterocycles. The summed E-state index contributed by atoms with van der Waals surface area (Å²) in [5, 5.41) is 7.26. The van der Waals surface area contributed by atoms with Crippen molar-refractivity contribution in [3.8, 4) is 0 Å². The molecule has 0 radical (unpaired) electrons. The minimum Gasteiger partial charge on any atom is -0.350 e. The first kappa shape index (κ1) is 18.5. The molecule has 0 aliphatic rings. The van der Waals surface area contributed by atoms with Crippen molar-refractivity contribution in [2.24, 2.45) is 0 Å². The molecule has 8 heteroatoms. The first-order chi connectivity index (χ1) is 14.1. The van der Waals surface area contributed by atoms with Crippen LogP contribution in [0.2, 0.25) is 0 Å². The standard InChI is InChI=1S/C21H18FN5O2/c22-18-9-5-4-8-16(18)20(28)23-10-11-27-19-17(12-25-27)21(29)26(14-24-19)13-15-6-2-1-3-7-15/h1-9,12,14H,10-11,13H2,(H,23,28). The number of hydrogen-bond acceptors (Lipinski definition) is 4. The molecule has 4 rings (SSSR count). The largest absolute Gasteiger partial charge is 0.350 e. The highest BCUT2D eigenvalue weighted by molar-refractivity contribution is 5.94. The Balaban J connectivity index is 1.46. The third kappa shape index (κ3) is 3.91. The van der Waals surface area contributed by atoms with E-state index in [4.69, 9.17) is 0 Å². The maximum absolute atomic E-state index is 13.7. The van der Waals surface area contributed by atoms with Crippen LogP contribution < -0.4 is 10.9 Å². The molecule has 2 aromatic heterocycles. The van der Waals surface area contributed by atoms with E-state index in [1.165, 1.54) is 35.3 Å². The molecule has 0 saturated heterocycles. The Morgan fingerprint density at radius 3 is 2.62 bits per heavy atom. The average Bonchev–Trinajstić information content (AvgIpc) is 3.15. The second-order valence-electron chi connectivity index (χ2n) is 6.50. The predicted molar refractivity (Wildman–Crippen MR) is 106 cm³/mol. The highest BCUT2D eigenvalue weighted by Gasteiger charge is 2.12. The number of benzene rings is 2. The Bertz CT molecular complexity index is 1220. The summed E-state index contributed by atoms with van der Waals surface area (Å²) in [5.74, 6) is -1.08. The van der Waals surface area contributed by atoms with Crippen molar-refractivity contribution in [1.29, 1.82) is 0 Å². The summed E-state index contributed by atoms with van der Waals surface area (Å²) in [6, 6.07) is 15.4. The molecule has 0 spiro atoms. The second kappa shape index (κ2) is 8.05. The average molecular weight is 391 g/mol. The van der Waals surface area contributed by atoms with Crippen molar-refractivity contribution in [3.05, 3.63) is 94.4 Å². The van der Waals surface area contributed by atoms with E-state index < -0.39 is 11.7 Å². The molecule has 0 saturated carbocycles. The van der Waals surface area contributed by atoms with Crippen molar-refractivity contribution in [2.45, 2.75) is 13.1 Å². The fourth-order valence-electron chi connectivity index (χ4n) is 3.07. The second-order valence-corrected chi connectivity index (χ2v) is 6.50. The van der Waals surface area contributed by atoms with Crippen LogP contribution in [0.3, 0.4) is 0 Å². The van der Waals surface area contributed by atoms with Gasteiger partial charge in [-0.2, -0.15) is 5.10 Å². The van der Waals surface area contributed by atoms with Crippen molar-refractivity contribution >= 4 is 16.9 Å². The molecule has 0 unspecified atom stereocenters. The van der Waals surface area contributed by atoms with Gasteiger partial charge in [0.15, 0.2) is 5.65 Å². The lowest BCUT2D eigenvalue weighted by Gasteiger charge is -2.08. The molecule has 1 amide bonds. The summed E-state index contributed by atoms with van der Waals surface area (Å²) in [5.41, 5.74) is 1.25. The van der Waals surface area contributed by atoms with Crippen molar-refractivity contribution in [3.63, 3.8) is 0 Å². The number of halogens is 1. The first-order valence-corrected chi connectivity index (χ1v) is 9.11. The van der Waals surface area contributed by atoms with Crippen molar-refractivity contribution in [2.75, 3.05) is 6.54 Å². The number of aromatic nitrogens is 4. The van der Waals surface area contributed by atoms with E-state index >= 15 is 0 Å². The number of amides is 1. The monoisotopic (exact) mass is 391 g/mol. The quantitative estimate of drug-likeness (QED) is 0.546. The Labute approximate surface area is 165 Å². The molecule has 2 aromatic carbocycles. The van der Waals surface area contributed by atoms with Crippen LogP contribution in [0, 0.1) is 5.82 Å². The zero-order chi connectivity index (χ0) is 20.2. The van der Waals surface area contributed by atoms with Gasteiger partial charge in [-0.3, -0.25) is 14.2 Å². The highest BCUT2D eigenvalue weighted by atomic mass is 19.1. The SMILES string of the molecule is O=C(NCCn1ncc2c(=O)n(Cc3ccccc3)cnc21)c1ccccc1F. The predicted octanol–water partition coefficient (Wildman–Crippen LogP) is 2.21. The Morgan fingerprint density at radius 2 is 1.83 bits per heavy atom. The van der Waals surface area contributed by atoms with Crippen LogP contribution in [0.25, 0.3) is 11.0 Å². The van der Waals surface area contributed by atoms with Gasteiger partial charge < -0.3 is 5.32 Å². The van der Waals surface area contributed by atoms with Crippen molar-refractivity contribution < 1.29 is 9.18 Å². The molecule has 1 N–H and O–H groups in total. The number of carbonyl (C=O) groups excluding carboxylic acids is 1. The smallest absolute Gasteiger partial charge is 0.264 e. The maximum atomic E-state index is 13.7. The third-order valence-electron chi connectivity index (χ3n) is 4.55. The Kier molecular flexibility index (Phi) is 5.15. The first-order valence-electron chi connectivity index (χ1n) is 9.11. The number of rotatable bonds is 6. The van der Waals surface area contributed by atoms with Crippen LogP contribution in [0.4, 0.5) is 4.39 Å². The zero-order valence-corrected chi connectivity index (χ0v) is 15.5. The van der Waals surface area contributed by atoms with Gasteiger partial charge in [0.25, 0.3) is 11.5 Å². The molecule has 7 nitrogen and oxygen atoms in total. The zero-order valence-electron chi connectivity index (χ0n) is 15.5. The van der Waals surface area contributed by atoms with Gasteiger partial charge in [-0.15, -0.1) is 0 Å². The fraction of sp³-hybridized carbons (Fsp3) is 0.143. The summed E-state index contributed by atoms with van der Waals surface area (Å²) in [6.45, 7) is 0.948. The maximum Gasteiger partial charge on any atom is 0.264 e. The van der Waals surface area contributed by atoms with Gasteiger partial charge in [-0.05, 0) is 17.7 Å². The minimum absolute atomic E-state index is 0.0141. The molecule has 0 aliphatic heterocycles. The van der Waals surface area contributed by atoms with E-state index in [0.717, 1.165) is 5.56 Å². The molecular formula is C21H18FN5O2. The van der Waals surface area contributed by atoms with Gasteiger partial charge in [0, 0.05) is 6.54 Å². The van der Waals surface area contributed by atoms with Gasteiger partial charge in [-0.1, -0.05) is 42.5 Å². The molecule has 0 bridgehead atoms. The van der Waals surface area contributed by atoms with Crippen LogP contribution >= 0.6 is 0 Å². The van der Waals surface area contributed by atoms with Crippen LogP contribution in [0.1, 0.15) is 15.9 Å². The number of nitrogens with zero attached hydrogens (tertiary/aromatic N) is 4. The van der Waals surface area contributed by atoms with Gasteiger partial charge in [0.1, 0.15) is 17.5 Å². The molecule has 4 aromatic rings. The molecule has 146 valence electrons. The van der Waals surface area contributed by atoms with Crippen LogP contribution in [-0.2, 0) is 13.1 Å². The topological polar surface area (TPSA) is 81.8 Å². The summed E-state index contributed by atoms with van der Waals surface area (Å²) in [6.07, 6.45) is 2.97. The molecule has 0 aliphatic carbocycles. The van der Waals surface area contributed by atoms with Crippen molar-refractivity contribution in [1.82, 2.24) is 24.6 Å². The van der Waals surface area contributed by atoms with E-state index in [9.17, 15) is 14.0 Å². The van der Waals surface area contributed by atoms with E-state index in [1.54, 1.807) is 10.7 Å². The van der Waals surface area contributed by atoms with Crippen LogP contribution in [0.5, 0.6) is 0 Å². The normalized spacial score (nSPS) is 10.9. The molecule has 0 atom stereocenters. The Hall–Kier alpha value is -3.81. The van der Waals surface area contributed by atoms with Gasteiger partial charge >= 0.3 is 0 Å². The number of hydrogen-bond donors (Lipinski definition) is 1. The van der Waals surface area contributed by atoms with Gasteiger partial charge in [0.05, 0.1) is 24.8 Å². The summed E-state index contributed by atoms with van der Waals surface area (Å²) in [7, 11) is 0. The lowest BCUT2D eigenvalue weighted by molar-refractivity contribution is 0.0948. The summed E-state index contributed by atoms with van der Waals surface area (Å²) >= 11 is 0. The lowest BCUT2D eigenvalue weighted by atomic mass is 10.2. The Morgan fingerprint density at radius 1 is 1.07 bits per heavy atom. The summed E-state index contributed by atoms with van der Waals surface area (Å²) in [4.78, 5) is 29.1. The van der Waals surface area contributed by atoms with E-state index in [2.05, 4.69) is 15.4 Å². The molecular weight excluding hydrogens is 373 g/mol. The van der Waals surface area contributed by atoms with E-state index in [1.807, 2.05) is 30.3 Å². The number of fused-ring (bicyclic) bond motifs is 1. The number of carbonyl (C=O) groups is 1. The third-order valence-corrected chi connectivity index (χ3v) is 4.55. The van der Waals surface area contributed by atoms with E-state index in [0.29, 0.717) is 24.1 Å². The number of nitrogens with one attached hydrogen (secondary N) is 1.